The maximum atomic E-state index is 12.0. The number of nitrogens with one attached hydrogen (secondary N) is 1. The number of nitrogens with zero attached hydrogens (tertiary/aromatic N) is 3. The maximum absolute atomic E-state index is 12.0. The van der Waals surface area contributed by atoms with Crippen LogP contribution in [0.15, 0.2) is 52.0 Å². The zero-order valence-electron chi connectivity index (χ0n) is 18.5. The summed E-state index contributed by atoms with van der Waals surface area (Å²) in [5.41, 5.74) is 10.0. The van der Waals surface area contributed by atoms with Gasteiger partial charge < -0.3 is 15.2 Å². The van der Waals surface area contributed by atoms with Crippen LogP contribution in [0.3, 0.4) is 0 Å². The summed E-state index contributed by atoms with van der Waals surface area (Å²) in [5, 5.41) is 12.4. The number of carbonyl (C=O) groups excluding carboxylic acids is 1. The fourth-order valence-corrected chi connectivity index (χ4v) is 3.87. The molecule has 3 N–H and O–H groups in total. The fraction of sp³-hybridized carbons (Fsp3) is 0.304. The first-order chi connectivity index (χ1) is 15.9. The molecule has 1 heterocycles. The van der Waals surface area contributed by atoms with Crippen LogP contribution in [0.1, 0.15) is 42.3 Å². The van der Waals surface area contributed by atoms with E-state index in [0.29, 0.717) is 40.6 Å². The molecule has 8 nitrogen and oxygen atoms in total. The van der Waals surface area contributed by atoms with Gasteiger partial charge in [0.15, 0.2) is 0 Å². The number of rotatable bonds is 11. The molecule has 174 valence electrons. The van der Waals surface area contributed by atoms with Crippen molar-refractivity contribution in [2.24, 2.45) is 5.10 Å². The zero-order valence-corrected chi connectivity index (χ0v) is 20.9. The minimum absolute atomic E-state index is 0.0592. The van der Waals surface area contributed by atoms with Gasteiger partial charge in [0.25, 0.3) is 0 Å². The van der Waals surface area contributed by atoms with Gasteiger partial charge >= 0.3 is 0 Å². The largest absolute Gasteiger partial charge is 0.490 e. The van der Waals surface area contributed by atoms with Crippen molar-refractivity contribution in [2.45, 2.75) is 32.6 Å². The standard InChI is InChI=1S/C23H26BrN5O3S/c1-3-15(2)16-4-7-19(8-5-16)31-10-11-32-20-9-6-18(24)12-17(20)14-26-27-21(30)13-22-28-29-23(25)33-22/h4-9,12,14-15H,3,10-11,13H2,1-2H3,(H2,25,29)(H,27,30)/b26-14-/t15-/m0/s1. The summed E-state index contributed by atoms with van der Waals surface area (Å²) in [7, 11) is 0. The molecule has 1 atom stereocenters. The molecule has 0 bridgehead atoms. The summed E-state index contributed by atoms with van der Waals surface area (Å²) < 4.78 is 12.5. The number of amides is 1. The molecular formula is C23H26BrN5O3S. The van der Waals surface area contributed by atoms with Crippen molar-refractivity contribution < 1.29 is 14.3 Å². The van der Waals surface area contributed by atoms with E-state index in [0.717, 1.165) is 16.6 Å². The molecule has 10 heteroatoms. The lowest BCUT2D eigenvalue weighted by Crippen LogP contribution is -2.19. The van der Waals surface area contributed by atoms with Gasteiger partial charge in [0.05, 0.1) is 12.6 Å². The highest BCUT2D eigenvalue weighted by Crippen LogP contribution is 2.23. The Bertz CT molecular complexity index is 1090. The SMILES string of the molecule is CC[C@H](C)c1ccc(OCCOc2ccc(Br)cc2/C=N\NC(=O)Cc2nnc(N)s2)cc1. The van der Waals surface area contributed by atoms with E-state index in [4.69, 9.17) is 15.2 Å². The minimum Gasteiger partial charge on any atom is -0.490 e. The number of ether oxygens (including phenoxy) is 2. The molecule has 3 rings (SSSR count). The molecule has 33 heavy (non-hydrogen) atoms. The first kappa shape index (κ1) is 24.7. The summed E-state index contributed by atoms with van der Waals surface area (Å²) in [6.07, 6.45) is 2.69. The van der Waals surface area contributed by atoms with Gasteiger partial charge in [-0.2, -0.15) is 5.10 Å². The lowest BCUT2D eigenvalue weighted by molar-refractivity contribution is -0.120. The van der Waals surface area contributed by atoms with Crippen molar-refractivity contribution in [1.82, 2.24) is 15.6 Å². The third kappa shape index (κ3) is 7.83. The Morgan fingerprint density at radius 1 is 1.21 bits per heavy atom. The van der Waals surface area contributed by atoms with Gasteiger partial charge in [0, 0.05) is 10.0 Å². The molecule has 0 aliphatic carbocycles. The summed E-state index contributed by atoms with van der Waals surface area (Å²) in [6.45, 7) is 5.15. The maximum Gasteiger partial charge on any atom is 0.247 e. The van der Waals surface area contributed by atoms with Crippen LogP contribution in [-0.4, -0.2) is 35.5 Å². The third-order valence-corrected chi connectivity index (χ3v) is 6.08. The van der Waals surface area contributed by atoms with Crippen molar-refractivity contribution in [2.75, 3.05) is 18.9 Å². The molecule has 0 fully saturated rings. The molecule has 1 aromatic heterocycles. The van der Waals surface area contributed by atoms with Crippen LogP contribution >= 0.6 is 27.3 Å². The van der Waals surface area contributed by atoms with E-state index in [1.54, 1.807) is 0 Å². The van der Waals surface area contributed by atoms with E-state index in [1.165, 1.54) is 23.1 Å². The zero-order chi connectivity index (χ0) is 23.6. The highest BCUT2D eigenvalue weighted by molar-refractivity contribution is 9.10. The second-order valence-electron chi connectivity index (χ2n) is 7.26. The number of hydrogen-bond acceptors (Lipinski definition) is 8. The summed E-state index contributed by atoms with van der Waals surface area (Å²) in [6, 6.07) is 13.7. The van der Waals surface area contributed by atoms with Gasteiger partial charge in [-0.3, -0.25) is 4.79 Å². The summed E-state index contributed by atoms with van der Waals surface area (Å²) in [4.78, 5) is 12.0. The number of hydrogen-bond donors (Lipinski definition) is 2. The number of nitrogens with two attached hydrogens (primary N) is 1. The average Bonchev–Trinajstić information content (AvgIpc) is 3.22. The van der Waals surface area contributed by atoms with Gasteiger partial charge in [-0.1, -0.05) is 53.2 Å². The van der Waals surface area contributed by atoms with Crippen molar-refractivity contribution in [3.05, 3.63) is 63.1 Å². The first-order valence-electron chi connectivity index (χ1n) is 10.5. The Labute approximate surface area is 205 Å². The Morgan fingerprint density at radius 2 is 1.97 bits per heavy atom. The van der Waals surface area contributed by atoms with E-state index in [2.05, 4.69) is 62.6 Å². The summed E-state index contributed by atoms with van der Waals surface area (Å²) in [5.74, 6) is 1.66. The van der Waals surface area contributed by atoms with E-state index in [-0.39, 0.29) is 12.3 Å². The minimum atomic E-state index is -0.312. The van der Waals surface area contributed by atoms with Gasteiger partial charge in [-0.15, -0.1) is 10.2 Å². The number of aromatic nitrogens is 2. The highest BCUT2D eigenvalue weighted by atomic mass is 79.9. The topological polar surface area (TPSA) is 112 Å². The number of carbonyl (C=O) groups is 1. The van der Waals surface area contributed by atoms with Crippen LogP contribution in [0.4, 0.5) is 5.13 Å². The normalized spacial score (nSPS) is 12.0. The lowest BCUT2D eigenvalue weighted by atomic mass is 9.99. The molecule has 0 aliphatic heterocycles. The molecule has 1 amide bonds. The molecule has 0 saturated carbocycles. The van der Waals surface area contributed by atoms with Crippen molar-refractivity contribution in [3.63, 3.8) is 0 Å². The fourth-order valence-electron chi connectivity index (χ4n) is 2.88. The first-order valence-corrected chi connectivity index (χ1v) is 12.1. The monoisotopic (exact) mass is 531 g/mol. The average molecular weight is 532 g/mol. The molecule has 0 radical (unpaired) electrons. The third-order valence-electron chi connectivity index (χ3n) is 4.83. The molecule has 2 aromatic carbocycles. The van der Waals surface area contributed by atoms with Crippen molar-refractivity contribution >= 4 is 44.5 Å². The van der Waals surface area contributed by atoms with Crippen LogP contribution in [0, 0.1) is 0 Å². The van der Waals surface area contributed by atoms with Crippen LogP contribution in [0.5, 0.6) is 11.5 Å². The Morgan fingerprint density at radius 3 is 2.67 bits per heavy atom. The van der Waals surface area contributed by atoms with E-state index < -0.39 is 0 Å². The lowest BCUT2D eigenvalue weighted by Gasteiger charge is -2.12. The van der Waals surface area contributed by atoms with Gasteiger partial charge in [-0.25, -0.2) is 5.43 Å². The number of anilines is 1. The van der Waals surface area contributed by atoms with E-state index >= 15 is 0 Å². The van der Waals surface area contributed by atoms with Crippen LogP contribution in [0.2, 0.25) is 0 Å². The van der Waals surface area contributed by atoms with Gasteiger partial charge in [0.1, 0.15) is 29.7 Å². The van der Waals surface area contributed by atoms with Crippen LogP contribution in [0.25, 0.3) is 0 Å². The van der Waals surface area contributed by atoms with Crippen molar-refractivity contribution in [3.8, 4) is 11.5 Å². The predicted octanol–water partition coefficient (Wildman–Crippen LogP) is 4.55. The second-order valence-corrected chi connectivity index (χ2v) is 9.27. The molecular weight excluding hydrogens is 506 g/mol. The number of halogens is 1. The molecule has 0 saturated heterocycles. The van der Waals surface area contributed by atoms with Gasteiger partial charge in [0.2, 0.25) is 11.0 Å². The Hall–Kier alpha value is -2.98. The van der Waals surface area contributed by atoms with Crippen molar-refractivity contribution in [1.29, 1.82) is 0 Å². The molecule has 0 aliphatic rings. The highest BCUT2D eigenvalue weighted by Gasteiger charge is 2.08. The van der Waals surface area contributed by atoms with E-state index in [1.807, 2.05) is 30.3 Å². The van der Waals surface area contributed by atoms with Crippen LogP contribution in [-0.2, 0) is 11.2 Å². The molecule has 0 spiro atoms. The second kappa shape index (κ2) is 12.3. The quantitative estimate of drug-likeness (QED) is 0.213. The van der Waals surface area contributed by atoms with E-state index in [9.17, 15) is 4.79 Å². The Kier molecular flexibility index (Phi) is 9.20. The number of nitrogen functional groups attached to an aromatic ring is 1. The van der Waals surface area contributed by atoms with Gasteiger partial charge in [-0.05, 0) is 48.2 Å². The number of benzene rings is 2. The summed E-state index contributed by atoms with van der Waals surface area (Å²) >= 11 is 4.61. The van der Waals surface area contributed by atoms with Crippen LogP contribution < -0.4 is 20.6 Å². The number of hydrazone groups is 1. The smallest absolute Gasteiger partial charge is 0.247 e. The molecule has 3 aromatic rings. The Balaban J connectivity index is 1.49. The molecule has 0 unspecified atom stereocenters. The predicted molar refractivity (Wildman–Crippen MR) is 134 cm³/mol.